The smallest absolute Gasteiger partial charge is 0.331 e. The Kier molecular flexibility index (Phi) is 1.94. The van der Waals surface area contributed by atoms with Crippen molar-refractivity contribution in [3.05, 3.63) is 27.9 Å². The quantitative estimate of drug-likeness (QED) is 0.535. The van der Waals surface area contributed by atoms with Crippen molar-refractivity contribution in [2.24, 2.45) is 0 Å². The lowest BCUT2D eigenvalue weighted by Gasteiger charge is -2.07. The Balaban J connectivity index is 2.27. The first-order valence-corrected chi connectivity index (χ1v) is 5.12. The molecule has 2 heterocycles. The molecule has 0 amide bonds. The van der Waals surface area contributed by atoms with Crippen molar-refractivity contribution >= 4 is 18.0 Å². The van der Waals surface area contributed by atoms with Gasteiger partial charge in [-0.1, -0.05) is 6.08 Å². The molecule has 7 nitrogen and oxygen atoms in total. The van der Waals surface area contributed by atoms with Crippen LogP contribution in [0.15, 0.2) is 10.9 Å². The van der Waals surface area contributed by atoms with Crippen molar-refractivity contribution in [1.82, 2.24) is 9.46 Å². The number of allylic oxidation sites excluding steroid dienone is 1. The standard InChI is InChI=1S/C10H8N2O5/c13-8-5-9(14)17-12-7-4-2-1-3-6(7)11(16-8)10(12)15/h1,3H,2,4-5H2. The average molecular weight is 236 g/mol. The summed E-state index contributed by atoms with van der Waals surface area (Å²) in [5.74, 6) is -1.61. The molecule has 2 bridgehead atoms. The fourth-order valence-electron chi connectivity index (χ4n) is 1.90. The molecule has 88 valence electrons. The van der Waals surface area contributed by atoms with Crippen LogP contribution in [0.4, 0.5) is 0 Å². The van der Waals surface area contributed by atoms with E-state index in [1.807, 2.05) is 6.08 Å². The van der Waals surface area contributed by atoms with Crippen LogP contribution in [0, 0.1) is 0 Å². The van der Waals surface area contributed by atoms with Crippen molar-refractivity contribution < 1.29 is 19.3 Å². The second-order valence-electron chi connectivity index (χ2n) is 3.75. The lowest BCUT2D eigenvalue weighted by molar-refractivity contribution is -0.158. The van der Waals surface area contributed by atoms with Gasteiger partial charge in [0, 0.05) is 0 Å². The molecule has 0 atom stereocenters. The summed E-state index contributed by atoms with van der Waals surface area (Å²) < 4.78 is 1.76. The molecular formula is C10H8N2O5. The Labute approximate surface area is 94.8 Å². The number of carbonyl (C=O) groups is 2. The topological polar surface area (TPSA) is 79.5 Å². The Bertz CT molecular complexity index is 607. The maximum atomic E-state index is 11.8. The van der Waals surface area contributed by atoms with Gasteiger partial charge in [-0.3, -0.25) is 0 Å². The molecule has 0 saturated carbocycles. The van der Waals surface area contributed by atoms with Gasteiger partial charge in [0.25, 0.3) is 0 Å². The fourth-order valence-corrected chi connectivity index (χ4v) is 1.90. The second kappa shape index (κ2) is 3.34. The molecule has 1 aromatic rings. The van der Waals surface area contributed by atoms with E-state index in [1.54, 1.807) is 6.08 Å². The molecule has 0 unspecified atom stereocenters. The number of hydrogen-bond donors (Lipinski definition) is 0. The maximum absolute atomic E-state index is 11.8. The molecule has 17 heavy (non-hydrogen) atoms. The summed E-state index contributed by atoms with van der Waals surface area (Å²) in [6.07, 6.45) is 4.31. The van der Waals surface area contributed by atoms with E-state index >= 15 is 0 Å². The molecule has 7 heteroatoms. The molecule has 2 aliphatic rings. The van der Waals surface area contributed by atoms with Gasteiger partial charge < -0.3 is 9.68 Å². The van der Waals surface area contributed by atoms with Crippen molar-refractivity contribution in [1.29, 1.82) is 0 Å². The summed E-state index contributed by atoms with van der Waals surface area (Å²) >= 11 is 0. The van der Waals surface area contributed by atoms with E-state index in [0.29, 0.717) is 17.8 Å². The van der Waals surface area contributed by atoms with Gasteiger partial charge in [-0.25, -0.2) is 14.4 Å². The van der Waals surface area contributed by atoms with Crippen LogP contribution in [0.25, 0.3) is 6.08 Å². The largest absolute Gasteiger partial charge is 0.395 e. The van der Waals surface area contributed by atoms with Crippen LogP contribution in [-0.2, 0) is 16.0 Å². The zero-order valence-electron chi connectivity index (χ0n) is 8.71. The molecular weight excluding hydrogens is 228 g/mol. The first-order chi connectivity index (χ1) is 8.16. The van der Waals surface area contributed by atoms with Gasteiger partial charge in [-0.05, 0) is 18.9 Å². The molecule has 3 rings (SSSR count). The Morgan fingerprint density at radius 3 is 2.53 bits per heavy atom. The molecule has 1 aromatic heterocycles. The molecule has 1 aliphatic heterocycles. The summed E-state index contributed by atoms with van der Waals surface area (Å²) in [4.78, 5) is 44.1. The zero-order valence-corrected chi connectivity index (χ0v) is 8.71. The Hall–Kier alpha value is -2.31. The SMILES string of the molecule is O=C1CC(=O)On2c3c(n(c2=O)O1)C=CCC3. The highest BCUT2D eigenvalue weighted by Gasteiger charge is 2.29. The average Bonchev–Trinajstić information content (AvgIpc) is 2.56. The number of carbonyl (C=O) groups excluding carboxylic acids is 2. The molecule has 0 N–H and O–H groups in total. The Morgan fingerprint density at radius 1 is 1.06 bits per heavy atom. The third-order valence-corrected chi connectivity index (χ3v) is 2.61. The lowest BCUT2D eigenvalue weighted by atomic mass is 10.1. The van der Waals surface area contributed by atoms with E-state index in [2.05, 4.69) is 0 Å². The van der Waals surface area contributed by atoms with Crippen LogP contribution in [0.2, 0.25) is 0 Å². The first-order valence-electron chi connectivity index (χ1n) is 5.12. The summed E-state index contributed by atoms with van der Waals surface area (Å²) in [5.41, 5.74) is 0.313. The van der Waals surface area contributed by atoms with Crippen LogP contribution >= 0.6 is 0 Å². The zero-order chi connectivity index (χ0) is 12.0. The monoisotopic (exact) mass is 236 g/mol. The molecule has 0 fully saturated rings. The number of nitrogens with zero attached hydrogens (tertiary/aromatic N) is 2. The third kappa shape index (κ3) is 1.39. The van der Waals surface area contributed by atoms with Crippen LogP contribution < -0.4 is 15.4 Å². The summed E-state index contributed by atoms with van der Waals surface area (Å²) in [6.45, 7) is 0. The second-order valence-corrected chi connectivity index (χ2v) is 3.75. The number of fused-ring (bicyclic) bond motifs is 5. The highest BCUT2D eigenvalue weighted by Crippen LogP contribution is 2.17. The van der Waals surface area contributed by atoms with Crippen LogP contribution in [0.3, 0.4) is 0 Å². The third-order valence-electron chi connectivity index (χ3n) is 2.61. The number of rotatable bonds is 0. The van der Waals surface area contributed by atoms with Crippen LogP contribution in [-0.4, -0.2) is 21.4 Å². The number of aromatic nitrogens is 2. The first kappa shape index (κ1) is 9.88. The summed E-state index contributed by atoms with van der Waals surface area (Å²) in [5, 5.41) is 0. The van der Waals surface area contributed by atoms with Gasteiger partial charge in [-0.15, -0.1) is 9.46 Å². The van der Waals surface area contributed by atoms with Crippen molar-refractivity contribution in [3.8, 4) is 0 Å². The van der Waals surface area contributed by atoms with Gasteiger partial charge in [0.05, 0.1) is 5.69 Å². The highest BCUT2D eigenvalue weighted by atomic mass is 16.7. The van der Waals surface area contributed by atoms with E-state index in [0.717, 1.165) is 15.9 Å². The van der Waals surface area contributed by atoms with Gasteiger partial charge in [0.1, 0.15) is 12.1 Å². The van der Waals surface area contributed by atoms with E-state index in [9.17, 15) is 14.4 Å². The Morgan fingerprint density at radius 2 is 1.76 bits per heavy atom. The molecule has 0 saturated heterocycles. The normalized spacial score (nSPS) is 17.9. The molecule has 1 aliphatic carbocycles. The van der Waals surface area contributed by atoms with Crippen molar-refractivity contribution in [2.75, 3.05) is 0 Å². The maximum Gasteiger partial charge on any atom is 0.395 e. The van der Waals surface area contributed by atoms with Gasteiger partial charge in [0.2, 0.25) is 0 Å². The van der Waals surface area contributed by atoms with Crippen molar-refractivity contribution in [3.63, 3.8) is 0 Å². The van der Waals surface area contributed by atoms with Crippen molar-refractivity contribution in [2.45, 2.75) is 19.3 Å². The van der Waals surface area contributed by atoms with E-state index < -0.39 is 24.0 Å². The number of hydrogen-bond acceptors (Lipinski definition) is 5. The predicted octanol–water partition coefficient (Wildman–Crippen LogP) is -1.08. The lowest BCUT2D eigenvalue weighted by Crippen LogP contribution is -2.41. The van der Waals surface area contributed by atoms with E-state index in [-0.39, 0.29) is 0 Å². The highest BCUT2D eigenvalue weighted by molar-refractivity contribution is 5.91. The van der Waals surface area contributed by atoms with Crippen LogP contribution in [0.1, 0.15) is 24.2 Å². The number of imidazole rings is 1. The van der Waals surface area contributed by atoms with E-state index in [1.165, 1.54) is 0 Å². The molecule has 0 spiro atoms. The van der Waals surface area contributed by atoms with Gasteiger partial charge in [0.15, 0.2) is 0 Å². The van der Waals surface area contributed by atoms with Gasteiger partial charge >= 0.3 is 17.6 Å². The van der Waals surface area contributed by atoms with E-state index in [4.69, 9.17) is 9.68 Å². The minimum atomic E-state index is -0.810. The summed E-state index contributed by atoms with van der Waals surface area (Å²) in [6, 6.07) is 0. The fraction of sp³-hybridized carbons (Fsp3) is 0.300. The molecule has 0 aromatic carbocycles. The molecule has 0 radical (unpaired) electrons. The summed E-state index contributed by atoms with van der Waals surface area (Å²) in [7, 11) is 0. The minimum Gasteiger partial charge on any atom is -0.331 e. The minimum absolute atomic E-state index is 0.448. The predicted molar refractivity (Wildman–Crippen MR) is 53.8 cm³/mol. The van der Waals surface area contributed by atoms with Gasteiger partial charge in [-0.2, -0.15) is 0 Å². The van der Waals surface area contributed by atoms with Crippen LogP contribution in [0.5, 0.6) is 0 Å².